The Morgan fingerprint density at radius 3 is 1.45 bits per heavy atom. The fourth-order valence-electron chi connectivity index (χ4n) is 1.43. The van der Waals surface area contributed by atoms with Crippen LogP contribution < -0.4 is 5.73 Å². The van der Waals surface area contributed by atoms with Gasteiger partial charge in [-0.1, -0.05) is 39.5 Å². The van der Waals surface area contributed by atoms with Gasteiger partial charge >= 0.3 is 0 Å². The number of hydrogen-bond donors (Lipinski definition) is 1. The number of carbonyl (C=O) groups excluding carboxylic acids is 1. The zero-order valence-corrected chi connectivity index (χ0v) is 7.55. The van der Waals surface area contributed by atoms with Gasteiger partial charge in [0.1, 0.15) is 0 Å². The molecule has 0 unspecified atom stereocenters. The average molecular weight is 157 g/mol. The maximum atomic E-state index is 8.58. The van der Waals surface area contributed by atoms with Gasteiger partial charge in [0.15, 0.2) is 0 Å². The van der Waals surface area contributed by atoms with Gasteiger partial charge in [0.2, 0.25) is 6.41 Å². The second kappa shape index (κ2) is 6.20. The zero-order chi connectivity index (χ0) is 8.69. The van der Waals surface area contributed by atoms with E-state index in [4.69, 9.17) is 4.79 Å². The second-order valence-corrected chi connectivity index (χ2v) is 3.50. The summed E-state index contributed by atoms with van der Waals surface area (Å²) in [5.74, 6) is 2.04. The molecule has 11 heavy (non-hydrogen) atoms. The van der Waals surface area contributed by atoms with Crippen LogP contribution >= 0.6 is 0 Å². The Bertz CT molecular complexity index is 85.7. The lowest BCUT2D eigenvalue weighted by Gasteiger charge is -2.22. The van der Waals surface area contributed by atoms with Gasteiger partial charge in [-0.2, -0.15) is 0 Å². The summed E-state index contributed by atoms with van der Waals surface area (Å²) < 4.78 is 0. The molecule has 0 radical (unpaired) electrons. The van der Waals surface area contributed by atoms with Gasteiger partial charge in [0.05, 0.1) is 0 Å². The van der Waals surface area contributed by atoms with Crippen LogP contribution in [0.4, 0.5) is 0 Å². The topological polar surface area (TPSA) is 43.1 Å². The van der Waals surface area contributed by atoms with Crippen molar-refractivity contribution in [2.24, 2.45) is 17.6 Å². The predicted molar refractivity (Wildman–Crippen MR) is 47.0 cm³/mol. The zero-order valence-electron chi connectivity index (χ0n) is 7.55. The van der Waals surface area contributed by atoms with E-state index in [9.17, 15) is 0 Å². The molecule has 0 aliphatic heterocycles. The van der Waals surface area contributed by atoms with Crippen molar-refractivity contribution in [3.05, 3.63) is 0 Å². The van der Waals surface area contributed by atoms with Gasteiger partial charge in [-0.3, -0.25) is 4.79 Å². The summed E-state index contributed by atoms with van der Waals surface area (Å²) in [6.07, 6.45) is 6.14. The molecule has 1 aliphatic carbocycles. The van der Waals surface area contributed by atoms with Crippen molar-refractivity contribution >= 4 is 6.41 Å². The monoisotopic (exact) mass is 157 g/mol. The molecule has 0 spiro atoms. The molecule has 1 aliphatic rings. The van der Waals surface area contributed by atoms with Crippen LogP contribution in [0.25, 0.3) is 0 Å². The van der Waals surface area contributed by atoms with Crippen LogP contribution in [-0.4, -0.2) is 6.41 Å². The van der Waals surface area contributed by atoms with Crippen LogP contribution in [0.1, 0.15) is 39.5 Å². The van der Waals surface area contributed by atoms with Crippen molar-refractivity contribution in [3.63, 3.8) is 0 Å². The molecule has 0 aromatic rings. The van der Waals surface area contributed by atoms with Crippen molar-refractivity contribution in [1.82, 2.24) is 0 Å². The minimum atomic E-state index is 0.250. The molecule has 0 atom stereocenters. The third-order valence-electron chi connectivity index (χ3n) is 2.30. The van der Waals surface area contributed by atoms with Crippen LogP contribution in [0.5, 0.6) is 0 Å². The lowest BCUT2D eigenvalue weighted by Crippen LogP contribution is -2.08. The molecule has 1 amide bonds. The molecular formula is C9H19NO. The Kier molecular flexibility index (Phi) is 5.90. The molecule has 1 rings (SSSR count). The van der Waals surface area contributed by atoms with E-state index in [0.29, 0.717) is 0 Å². The van der Waals surface area contributed by atoms with Gasteiger partial charge < -0.3 is 5.73 Å². The van der Waals surface area contributed by atoms with E-state index in [-0.39, 0.29) is 6.41 Å². The number of carbonyl (C=O) groups is 1. The van der Waals surface area contributed by atoms with Crippen LogP contribution in [0.3, 0.4) is 0 Å². The highest BCUT2D eigenvalue weighted by Gasteiger charge is 2.13. The molecule has 1 saturated carbocycles. The van der Waals surface area contributed by atoms with Crippen LogP contribution in [-0.2, 0) is 4.79 Å². The lowest BCUT2D eigenvalue weighted by atomic mass is 9.84. The van der Waals surface area contributed by atoms with E-state index in [1.165, 1.54) is 25.7 Å². The van der Waals surface area contributed by atoms with Crippen molar-refractivity contribution in [2.45, 2.75) is 39.5 Å². The summed E-state index contributed by atoms with van der Waals surface area (Å²) in [6.45, 7) is 4.73. The number of primary amides is 1. The highest BCUT2D eigenvalue weighted by molar-refractivity contribution is 5.42. The molecule has 1 fully saturated rings. The lowest BCUT2D eigenvalue weighted by molar-refractivity contribution is -0.106. The first-order valence-electron chi connectivity index (χ1n) is 4.36. The number of amides is 1. The maximum Gasteiger partial charge on any atom is 0.204 e. The number of hydrogen-bond acceptors (Lipinski definition) is 1. The van der Waals surface area contributed by atoms with Gasteiger partial charge in [0, 0.05) is 0 Å². The standard InChI is InChI=1S/C8H16.CH3NO/c1-7-3-5-8(2)6-4-7;2-1-3/h7-8H,3-6H2,1-2H3;1H,(H2,2,3). The largest absolute Gasteiger partial charge is 0.372 e. The van der Waals surface area contributed by atoms with E-state index in [1.807, 2.05) is 0 Å². The van der Waals surface area contributed by atoms with Crippen LogP contribution in [0, 0.1) is 11.8 Å². The molecular weight excluding hydrogens is 138 g/mol. The molecule has 0 heterocycles. The average Bonchev–Trinajstić information content (AvgIpc) is 1.97. The number of nitrogens with two attached hydrogens (primary N) is 1. The first-order valence-corrected chi connectivity index (χ1v) is 4.36. The maximum absolute atomic E-state index is 8.58. The highest BCUT2D eigenvalue weighted by Crippen LogP contribution is 2.27. The minimum absolute atomic E-state index is 0.250. The Morgan fingerprint density at radius 1 is 1.09 bits per heavy atom. The van der Waals surface area contributed by atoms with Crippen molar-refractivity contribution < 1.29 is 4.79 Å². The van der Waals surface area contributed by atoms with E-state index < -0.39 is 0 Å². The third kappa shape index (κ3) is 5.89. The van der Waals surface area contributed by atoms with Crippen molar-refractivity contribution in [3.8, 4) is 0 Å². The molecule has 0 aromatic heterocycles. The molecule has 2 nitrogen and oxygen atoms in total. The van der Waals surface area contributed by atoms with E-state index >= 15 is 0 Å². The van der Waals surface area contributed by atoms with Crippen LogP contribution in [0.15, 0.2) is 0 Å². The second-order valence-electron chi connectivity index (χ2n) is 3.50. The van der Waals surface area contributed by atoms with Gasteiger partial charge in [0.25, 0.3) is 0 Å². The quantitative estimate of drug-likeness (QED) is 0.536. The van der Waals surface area contributed by atoms with Crippen LogP contribution in [0.2, 0.25) is 0 Å². The third-order valence-corrected chi connectivity index (χ3v) is 2.30. The fraction of sp³-hybridized carbons (Fsp3) is 0.889. The van der Waals surface area contributed by atoms with Gasteiger partial charge in [-0.25, -0.2) is 0 Å². The summed E-state index contributed by atoms with van der Waals surface area (Å²) in [6, 6.07) is 0. The predicted octanol–water partition coefficient (Wildman–Crippen LogP) is 1.93. The minimum Gasteiger partial charge on any atom is -0.372 e. The first kappa shape index (κ1) is 10.5. The Morgan fingerprint density at radius 2 is 1.27 bits per heavy atom. The highest BCUT2D eigenvalue weighted by atomic mass is 16.1. The molecule has 0 aromatic carbocycles. The normalized spacial score (nSPS) is 30.0. The molecule has 2 N–H and O–H groups in total. The van der Waals surface area contributed by atoms with Crippen molar-refractivity contribution in [1.29, 1.82) is 0 Å². The Labute approximate surface area is 69.2 Å². The summed E-state index contributed by atoms with van der Waals surface area (Å²) in [5.41, 5.74) is 4.17. The smallest absolute Gasteiger partial charge is 0.204 e. The first-order chi connectivity index (χ1) is 5.20. The van der Waals surface area contributed by atoms with E-state index in [2.05, 4.69) is 19.6 Å². The molecule has 66 valence electrons. The Balaban J connectivity index is 0.000000292. The fourth-order valence-corrected chi connectivity index (χ4v) is 1.43. The Hall–Kier alpha value is -0.530. The number of rotatable bonds is 0. The summed E-state index contributed by atoms with van der Waals surface area (Å²) in [5, 5.41) is 0. The molecule has 0 saturated heterocycles. The van der Waals surface area contributed by atoms with Gasteiger partial charge in [-0.05, 0) is 11.8 Å². The molecule has 2 heteroatoms. The molecule has 0 bridgehead atoms. The summed E-state index contributed by atoms with van der Waals surface area (Å²) in [4.78, 5) is 8.58. The summed E-state index contributed by atoms with van der Waals surface area (Å²) in [7, 11) is 0. The van der Waals surface area contributed by atoms with E-state index in [1.54, 1.807) is 0 Å². The SMILES string of the molecule is CC1CCC(C)CC1.NC=O. The van der Waals surface area contributed by atoms with Gasteiger partial charge in [-0.15, -0.1) is 0 Å². The summed E-state index contributed by atoms with van der Waals surface area (Å²) >= 11 is 0. The van der Waals surface area contributed by atoms with Crippen molar-refractivity contribution in [2.75, 3.05) is 0 Å². The van der Waals surface area contributed by atoms with E-state index in [0.717, 1.165) is 11.8 Å².